The van der Waals surface area contributed by atoms with Crippen LogP contribution in [0.5, 0.6) is 0 Å². The van der Waals surface area contributed by atoms with Gasteiger partial charge in [-0.25, -0.2) is 4.98 Å². The molecule has 0 atom stereocenters. The summed E-state index contributed by atoms with van der Waals surface area (Å²) in [6, 6.07) is 0.583. The van der Waals surface area contributed by atoms with Gasteiger partial charge in [-0.1, -0.05) is 0 Å². The highest BCUT2D eigenvalue weighted by Gasteiger charge is 2.30. The molecule has 0 radical (unpaired) electrons. The Labute approximate surface area is 91.9 Å². The van der Waals surface area contributed by atoms with E-state index in [1.165, 1.54) is 16.2 Å². The first kappa shape index (κ1) is 9.45. The van der Waals surface area contributed by atoms with E-state index >= 15 is 0 Å². The molecule has 0 saturated carbocycles. The lowest BCUT2D eigenvalue weighted by atomic mass is 10.1. The van der Waals surface area contributed by atoms with Gasteiger partial charge in [-0.2, -0.15) is 0 Å². The van der Waals surface area contributed by atoms with Gasteiger partial charge in [0, 0.05) is 24.4 Å². The second-order valence-corrected chi connectivity index (χ2v) is 5.07. The van der Waals surface area contributed by atoms with Crippen molar-refractivity contribution in [2.75, 3.05) is 19.8 Å². The molecule has 3 rings (SSSR count). The molecule has 2 aliphatic rings. The molecule has 5 heteroatoms. The summed E-state index contributed by atoms with van der Waals surface area (Å²) in [4.78, 5) is 18.6. The number of carbonyl (C=O) groups excluding carboxylic acids is 1. The monoisotopic (exact) mass is 224 g/mol. The molecule has 4 nitrogen and oxygen atoms in total. The Morgan fingerprint density at radius 2 is 2.40 bits per heavy atom. The van der Waals surface area contributed by atoms with Crippen molar-refractivity contribution in [3.63, 3.8) is 0 Å². The number of fused-ring (bicyclic) bond motifs is 1. The van der Waals surface area contributed by atoms with Crippen molar-refractivity contribution >= 4 is 17.6 Å². The van der Waals surface area contributed by atoms with E-state index in [-0.39, 0.29) is 0 Å². The number of aromatic nitrogens is 1. The quantitative estimate of drug-likeness (QED) is 0.694. The van der Waals surface area contributed by atoms with E-state index in [1.807, 2.05) is 0 Å². The molecule has 3 heterocycles. The van der Waals surface area contributed by atoms with E-state index in [0.29, 0.717) is 11.0 Å². The van der Waals surface area contributed by atoms with Crippen LogP contribution in [0, 0.1) is 0 Å². The Morgan fingerprint density at radius 1 is 1.53 bits per heavy atom. The average molecular weight is 224 g/mol. The summed E-state index contributed by atoms with van der Waals surface area (Å²) in [5, 5.41) is 0.617. The van der Waals surface area contributed by atoms with Crippen LogP contribution < -0.4 is 0 Å². The first-order chi connectivity index (χ1) is 7.36. The van der Waals surface area contributed by atoms with E-state index in [2.05, 4.69) is 9.88 Å². The molecule has 0 aromatic carbocycles. The summed E-state index contributed by atoms with van der Waals surface area (Å²) in [5.74, 6) is 0. The van der Waals surface area contributed by atoms with Crippen LogP contribution >= 0.6 is 11.3 Å². The minimum Gasteiger partial charge on any atom is -0.378 e. The van der Waals surface area contributed by atoms with Gasteiger partial charge in [0.1, 0.15) is 0 Å². The number of rotatable bonds is 2. The molecule has 0 unspecified atom stereocenters. The van der Waals surface area contributed by atoms with Gasteiger partial charge in [-0.15, -0.1) is 11.3 Å². The normalized spacial score (nSPS) is 22.1. The summed E-state index contributed by atoms with van der Waals surface area (Å²) in [6.07, 6.45) is 1.82. The van der Waals surface area contributed by atoms with Crippen LogP contribution in [-0.4, -0.2) is 42.0 Å². The summed E-state index contributed by atoms with van der Waals surface area (Å²) >= 11 is 1.53. The van der Waals surface area contributed by atoms with Gasteiger partial charge in [-0.05, 0) is 0 Å². The van der Waals surface area contributed by atoms with Crippen LogP contribution in [0.4, 0.5) is 0 Å². The Hall–Kier alpha value is -0.780. The highest BCUT2D eigenvalue weighted by molar-refractivity contribution is 7.13. The first-order valence-corrected chi connectivity index (χ1v) is 5.94. The van der Waals surface area contributed by atoms with Gasteiger partial charge in [-0.3, -0.25) is 9.69 Å². The average Bonchev–Trinajstić information content (AvgIpc) is 2.57. The molecule has 80 valence electrons. The maximum Gasteiger partial charge on any atom is 0.178 e. The third kappa shape index (κ3) is 1.60. The van der Waals surface area contributed by atoms with Crippen molar-refractivity contribution < 1.29 is 9.53 Å². The molecule has 0 N–H and O–H groups in total. The van der Waals surface area contributed by atoms with Gasteiger partial charge in [0.25, 0.3) is 0 Å². The maximum atomic E-state index is 10.6. The minimum absolute atomic E-state index is 0.583. The summed E-state index contributed by atoms with van der Waals surface area (Å²) in [5.41, 5.74) is 1.12. The zero-order chi connectivity index (χ0) is 10.3. The molecule has 0 bridgehead atoms. The molecular formula is C10H12N2O2S. The molecule has 1 aromatic heterocycles. The highest BCUT2D eigenvalue weighted by Crippen LogP contribution is 2.26. The highest BCUT2D eigenvalue weighted by atomic mass is 32.1. The van der Waals surface area contributed by atoms with Crippen molar-refractivity contribution in [2.45, 2.75) is 19.0 Å². The van der Waals surface area contributed by atoms with Crippen LogP contribution in [0.2, 0.25) is 0 Å². The summed E-state index contributed by atoms with van der Waals surface area (Å²) in [6.45, 7) is 3.70. The fourth-order valence-corrected chi connectivity index (χ4v) is 2.98. The van der Waals surface area contributed by atoms with Gasteiger partial charge in [0.2, 0.25) is 0 Å². The number of hydrogen-bond donors (Lipinski definition) is 0. The van der Waals surface area contributed by atoms with E-state index in [9.17, 15) is 4.79 Å². The molecule has 1 saturated heterocycles. The van der Waals surface area contributed by atoms with Crippen molar-refractivity contribution in [3.8, 4) is 0 Å². The lowest BCUT2D eigenvalue weighted by molar-refractivity contribution is -0.0692. The number of nitrogens with zero attached hydrogens (tertiary/aromatic N) is 2. The van der Waals surface area contributed by atoms with E-state index in [1.54, 1.807) is 0 Å². The Kier molecular flexibility index (Phi) is 2.31. The van der Waals surface area contributed by atoms with Crippen LogP contribution in [0.3, 0.4) is 0 Å². The van der Waals surface area contributed by atoms with Gasteiger partial charge < -0.3 is 4.74 Å². The standard InChI is InChI=1S/C10H12N2O2S/c13-4-10-11-8-1-2-12(3-9(8)15-10)7-5-14-6-7/h4,7H,1-3,5-6H2. The predicted molar refractivity (Wildman–Crippen MR) is 56.2 cm³/mol. The second-order valence-electron chi connectivity index (χ2n) is 3.95. The second kappa shape index (κ2) is 3.66. The number of thiazole rings is 1. The third-order valence-corrected chi connectivity index (χ3v) is 4.02. The smallest absolute Gasteiger partial charge is 0.178 e. The molecule has 0 amide bonds. The summed E-state index contributed by atoms with van der Waals surface area (Å²) in [7, 11) is 0. The lowest BCUT2D eigenvalue weighted by Gasteiger charge is -2.38. The van der Waals surface area contributed by atoms with Crippen LogP contribution in [0.15, 0.2) is 0 Å². The molecule has 2 aliphatic heterocycles. The number of carbonyl (C=O) groups is 1. The molecule has 15 heavy (non-hydrogen) atoms. The zero-order valence-electron chi connectivity index (χ0n) is 8.31. The third-order valence-electron chi connectivity index (χ3n) is 3.01. The van der Waals surface area contributed by atoms with Crippen molar-refractivity contribution in [2.24, 2.45) is 0 Å². The fourth-order valence-electron chi connectivity index (χ4n) is 2.03. The minimum atomic E-state index is 0.583. The van der Waals surface area contributed by atoms with Gasteiger partial charge >= 0.3 is 0 Å². The molecule has 1 fully saturated rings. The largest absolute Gasteiger partial charge is 0.378 e. The Morgan fingerprint density at radius 3 is 3.07 bits per heavy atom. The van der Waals surface area contributed by atoms with Crippen LogP contribution in [0.25, 0.3) is 0 Å². The number of aldehydes is 1. The number of ether oxygens (including phenoxy) is 1. The van der Waals surface area contributed by atoms with E-state index in [0.717, 1.165) is 44.7 Å². The molecule has 0 aliphatic carbocycles. The van der Waals surface area contributed by atoms with Crippen molar-refractivity contribution in [1.82, 2.24) is 9.88 Å². The molecule has 1 aromatic rings. The van der Waals surface area contributed by atoms with E-state index < -0.39 is 0 Å². The van der Waals surface area contributed by atoms with E-state index in [4.69, 9.17) is 4.74 Å². The SMILES string of the molecule is O=Cc1nc2c(s1)CN(C1COC1)CC2. The number of hydrogen-bond acceptors (Lipinski definition) is 5. The topological polar surface area (TPSA) is 42.4 Å². The molecular weight excluding hydrogens is 212 g/mol. The fraction of sp³-hybridized carbons (Fsp3) is 0.600. The maximum absolute atomic E-state index is 10.6. The zero-order valence-corrected chi connectivity index (χ0v) is 9.13. The predicted octanol–water partition coefficient (Wildman–Crippen LogP) is 0.713. The van der Waals surface area contributed by atoms with Crippen LogP contribution in [-0.2, 0) is 17.7 Å². The Bertz CT molecular complexity index is 387. The summed E-state index contributed by atoms with van der Waals surface area (Å²) < 4.78 is 5.19. The van der Waals surface area contributed by atoms with Crippen molar-refractivity contribution in [1.29, 1.82) is 0 Å². The lowest BCUT2D eigenvalue weighted by Crippen LogP contribution is -2.50. The Balaban J connectivity index is 1.79. The first-order valence-electron chi connectivity index (χ1n) is 5.12. The van der Waals surface area contributed by atoms with Crippen LogP contribution in [0.1, 0.15) is 20.4 Å². The van der Waals surface area contributed by atoms with Gasteiger partial charge in [0.15, 0.2) is 11.3 Å². The van der Waals surface area contributed by atoms with Crippen molar-refractivity contribution in [3.05, 3.63) is 15.6 Å². The van der Waals surface area contributed by atoms with Gasteiger partial charge in [0.05, 0.1) is 24.9 Å². The molecule has 0 spiro atoms.